The Balaban J connectivity index is 1.39. The van der Waals surface area contributed by atoms with Crippen molar-refractivity contribution in [1.29, 1.82) is 0 Å². The van der Waals surface area contributed by atoms with Crippen LogP contribution in [0.2, 0.25) is 0 Å². The molecule has 1 N–H and O–H groups in total. The lowest BCUT2D eigenvalue weighted by atomic mass is 9.94. The number of ether oxygens (including phenoxy) is 1. The van der Waals surface area contributed by atoms with Gasteiger partial charge < -0.3 is 15.0 Å². The molecule has 2 heterocycles. The van der Waals surface area contributed by atoms with Gasteiger partial charge in [0.2, 0.25) is 15.9 Å². The smallest absolute Gasteiger partial charge is 0.243 e. The molecule has 1 aromatic rings. The fourth-order valence-electron chi connectivity index (χ4n) is 5.13. The third-order valence-corrected chi connectivity index (χ3v) is 9.07. The number of amides is 1. The van der Waals surface area contributed by atoms with E-state index in [4.69, 9.17) is 4.74 Å². The molecule has 31 heavy (non-hydrogen) atoms. The summed E-state index contributed by atoms with van der Waals surface area (Å²) in [4.78, 5) is 15.5. The number of hydrogen-bond donors (Lipinski definition) is 1. The molecule has 2 saturated carbocycles. The fourth-order valence-corrected chi connectivity index (χ4v) is 6.56. The van der Waals surface area contributed by atoms with Gasteiger partial charge in [-0.15, -0.1) is 0 Å². The molecule has 4 fully saturated rings. The maximum Gasteiger partial charge on any atom is 0.243 e. The maximum absolute atomic E-state index is 13.2. The molecule has 170 valence electrons. The first-order chi connectivity index (χ1) is 15.0. The predicted octanol–water partition coefficient (Wildman–Crippen LogP) is 3.07. The molecule has 7 nitrogen and oxygen atoms in total. The summed E-state index contributed by atoms with van der Waals surface area (Å²) in [7, 11) is -3.61. The van der Waals surface area contributed by atoms with Gasteiger partial charge in [0, 0.05) is 32.6 Å². The summed E-state index contributed by atoms with van der Waals surface area (Å²) < 4.78 is 33.1. The molecule has 1 amide bonds. The lowest BCUT2D eigenvalue weighted by Gasteiger charge is -2.27. The van der Waals surface area contributed by atoms with Gasteiger partial charge in [0.15, 0.2) is 0 Å². The van der Waals surface area contributed by atoms with Crippen molar-refractivity contribution in [2.75, 3.05) is 49.6 Å². The standard InChI is InChI=1S/C23H33N3O4S/c27-23(16-20(17-3-4-17)18-5-6-18)24-21-15-19(7-8-22(21)25-9-1-2-10-25)31(28,29)26-11-13-30-14-12-26/h7-8,15,17-18,20H,1-6,9-14,16H2,(H,24,27). The molecule has 1 aromatic carbocycles. The molecule has 0 bridgehead atoms. The highest BCUT2D eigenvalue weighted by atomic mass is 32.2. The van der Waals surface area contributed by atoms with Crippen molar-refractivity contribution < 1.29 is 17.9 Å². The van der Waals surface area contributed by atoms with Crippen LogP contribution in [-0.2, 0) is 19.6 Å². The highest BCUT2D eigenvalue weighted by Gasteiger charge is 2.42. The van der Waals surface area contributed by atoms with E-state index in [9.17, 15) is 13.2 Å². The van der Waals surface area contributed by atoms with Crippen LogP contribution in [0.15, 0.2) is 23.1 Å². The van der Waals surface area contributed by atoms with Crippen LogP contribution in [0, 0.1) is 17.8 Å². The first-order valence-electron chi connectivity index (χ1n) is 11.8. The van der Waals surface area contributed by atoms with Gasteiger partial charge in [-0.05, 0) is 74.5 Å². The van der Waals surface area contributed by atoms with E-state index in [-0.39, 0.29) is 10.8 Å². The zero-order chi connectivity index (χ0) is 21.4. The number of nitrogens with zero attached hydrogens (tertiary/aromatic N) is 2. The number of morpholine rings is 1. The van der Waals surface area contributed by atoms with E-state index in [2.05, 4.69) is 10.2 Å². The van der Waals surface area contributed by atoms with Crippen LogP contribution in [0.1, 0.15) is 44.9 Å². The molecule has 5 rings (SSSR count). The summed E-state index contributed by atoms with van der Waals surface area (Å²) in [6.45, 7) is 3.43. The Morgan fingerprint density at radius 2 is 1.68 bits per heavy atom. The highest BCUT2D eigenvalue weighted by Crippen LogP contribution is 2.50. The van der Waals surface area contributed by atoms with Gasteiger partial charge in [0.1, 0.15) is 0 Å². The van der Waals surface area contributed by atoms with Crippen LogP contribution in [0.5, 0.6) is 0 Å². The number of nitrogens with one attached hydrogen (secondary N) is 1. The van der Waals surface area contributed by atoms with Gasteiger partial charge in [-0.25, -0.2) is 8.42 Å². The van der Waals surface area contributed by atoms with Crippen LogP contribution in [0.25, 0.3) is 0 Å². The molecule has 0 unspecified atom stereocenters. The molecule has 0 aromatic heterocycles. The third kappa shape index (κ3) is 4.76. The van der Waals surface area contributed by atoms with E-state index < -0.39 is 10.0 Å². The normalized spacial score (nSPS) is 22.8. The van der Waals surface area contributed by atoms with Gasteiger partial charge in [0.25, 0.3) is 0 Å². The first kappa shape index (κ1) is 21.2. The second-order valence-corrected chi connectivity index (χ2v) is 11.4. The summed E-state index contributed by atoms with van der Waals surface area (Å²) in [5, 5.41) is 3.11. The minimum Gasteiger partial charge on any atom is -0.379 e. The van der Waals surface area contributed by atoms with E-state index in [1.165, 1.54) is 30.0 Å². The van der Waals surface area contributed by atoms with Crippen molar-refractivity contribution in [2.24, 2.45) is 17.8 Å². The summed E-state index contributed by atoms with van der Waals surface area (Å²) in [6, 6.07) is 5.22. The number of sulfonamides is 1. The Bertz CT molecular complexity index is 903. The molecule has 2 aliphatic heterocycles. The molecule has 2 saturated heterocycles. The Morgan fingerprint density at radius 3 is 2.29 bits per heavy atom. The molecular formula is C23H33N3O4S. The number of hydrogen-bond acceptors (Lipinski definition) is 5. The molecule has 0 radical (unpaired) electrons. The van der Waals surface area contributed by atoms with Crippen molar-refractivity contribution in [3.05, 3.63) is 18.2 Å². The average molecular weight is 448 g/mol. The molecule has 0 atom stereocenters. The van der Waals surface area contributed by atoms with Gasteiger partial charge in [0.05, 0.1) is 29.5 Å². The number of rotatable bonds is 8. The zero-order valence-electron chi connectivity index (χ0n) is 18.1. The van der Waals surface area contributed by atoms with Crippen molar-refractivity contribution >= 4 is 27.3 Å². The lowest BCUT2D eigenvalue weighted by molar-refractivity contribution is -0.117. The number of benzene rings is 1. The lowest BCUT2D eigenvalue weighted by Crippen LogP contribution is -2.40. The summed E-state index contributed by atoms with van der Waals surface area (Å²) in [5.41, 5.74) is 1.56. The molecular weight excluding hydrogens is 414 g/mol. The van der Waals surface area contributed by atoms with Gasteiger partial charge in [-0.2, -0.15) is 4.31 Å². The Kier molecular flexibility index (Phi) is 5.96. The van der Waals surface area contributed by atoms with Crippen molar-refractivity contribution in [1.82, 2.24) is 4.31 Å². The van der Waals surface area contributed by atoms with E-state index in [1.807, 2.05) is 6.07 Å². The summed E-state index contributed by atoms with van der Waals surface area (Å²) in [5.74, 6) is 1.94. The average Bonchev–Trinajstić information content (AvgIpc) is 3.72. The van der Waals surface area contributed by atoms with Crippen LogP contribution >= 0.6 is 0 Å². The van der Waals surface area contributed by atoms with Gasteiger partial charge >= 0.3 is 0 Å². The van der Waals surface area contributed by atoms with Crippen molar-refractivity contribution in [2.45, 2.75) is 49.8 Å². The highest BCUT2D eigenvalue weighted by molar-refractivity contribution is 7.89. The number of carbonyl (C=O) groups is 1. The fraction of sp³-hybridized carbons (Fsp3) is 0.696. The second-order valence-electron chi connectivity index (χ2n) is 9.48. The Hall–Kier alpha value is -1.64. The van der Waals surface area contributed by atoms with E-state index >= 15 is 0 Å². The molecule has 4 aliphatic rings. The molecule has 8 heteroatoms. The first-order valence-corrected chi connectivity index (χ1v) is 13.2. The topological polar surface area (TPSA) is 79.0 Å². The van der Waals surface area contributed by atoms with Crippen LogP contribution in [0.3, 0.4) is 0 Å². The molecule has 2 aliphatic carbocycles. The van der Waals surface area contributed by atoms with Crippen molar-refractivity contribution in [3.63, 3.8) is 0 Å². The minimum atomic E-state index is -3.61. The third-order valence-electron chi connectivity index (χ3n) is 7.17. The summed E-state index contributed by atoms with van der Waals surface area (Å²) >= 11 is 0. The summed E-state index contributed by atoms with van der Waals surface area (Å²) in [6.07, 6.45) is 7.79. The van der Waals surface area contributed by atoms with E-state index in [0.29, 0.717) is 56.2 Å². The monoisotopic (exact) mass is 447 g/mol. The van der Waals surface area contributed by atoms with E-state index in [0.717, 1.165) is 31.6 Å². The minimum absolute atomic E-state index is 0.0187. The van der Waals surface area contributed by atoms with Crippen molar-refractivity contribution in [3.8, 4) is 0 Å². The quantitative estimate of drug-likeness (QED) is 0.663. The van der Waals surface area contributed by atoms with E-state index in [1.54, 1.807) is 12.1 Å². The van der Waals surface area contributed by atoms with Gasteiger partial charge in [-0.3, -0.25) is 4.79 Å². The zero-order valence-corrected chi connectivity index (χ0v) is 18.9. The predicted molar refractivity (Wildman–Crippen MR) is 120 cm³/mol. The molecule has 0 spiro atoms. The number of carbonyl (C=O) groups excluding carboxylic acids is 1. The Morgan fingerprint density at radius 1 is 1.03 bits per heavy atom. The number of anilines is 2. The van der Waals surface area contributed by atoms with Crippen LogP contribution < -0.4 is 10.2 Å². The largest absolute Gasteiger partial charge is 0.379 e. The Labute approximate surface area is 185 Å². The SMILES string of the molecule is O=C(CC(C1CC1)C1CC1)Nc1cc(S(=O)(=O)N2CCOCC2)ccc1N1CCCC1. The van der Waals surface area contributed by atoms with Crippen LogP contribution in [-0.4, -0.2) is 58.0 Å². The van der Waals surface area contributed by atoms with Crippen LogP contribution in [0.4, 0.5) is 11.4 Å². The second kappa shape index (κ2) is 8.71. The maximum atomic E-state index is 13.2. The van der Waals surface area contributed by atoms with Gasteiger partial charge in [-0.1, -0.05) is 0 Å².